The maximum Gasteiger partial charge on any atom is 0.344 e. The first-order valence-electron chi connectivity index (χ1n) is 7.71. The number of hydrogen-bond acceptors (Lipinski definition) is 6. The van der Waals surface area contributed by atoms with Crippen LogP contribution in [0, 0.1) is 18.3 Å². The van der Waals surface area contributed by atoms with Crippen LogP contribution in [0.25, 0.3) is 11.1 Å². The van der Waals surface area contributed by atoms with E-state index in [1.54, 1.807) is 26.0 Å². The summed E-state index contributed by atoms with van der Waals surface area (Å²) in [5.41, 5.74) is 0.855. The third-order valence-corrected chi connectivity index (χ3v) is 3.79. The van der Waals surface area contributed by atoms with Gasteiger partial charge in [-0.3, -0.25) is 4.79 Å². The van der Waals surface area contributed by atoms with Gasteiger partial charge in [-0.2, -0.15) is 5.26 Å². The number of aromatic nitrogens is 1. The molecule has 0 aliphatic rings. The van der Waals surface area contributed by atoms with Gasteiger partial charge < -0.3 is 19.2 Å². The predicted octanol–water partition coefficient (Wildman–Crippen LogP) is 2.83. The molecule has 0 atom stereocenters. The Bertz CT molecular complexity index is 930. The topological polar surface area (TPSA) is 101 Å². The monoisotopic (exact) mass is 376 g/mol. The normalized spacial score (nSPS) is 10.1. The summed E-state index contributed by atoms with van der Waals surface area (Å²) in [6.45, 7) is 3.35. The molecule has 7 nitrogen and oxygen atoms in total. The summed E-state index contributed by atoms with van der Waals surface area (Å²) in [5.74, 6) is 0.0247. The Morgan fingerprint density at radius 1 is 1.27 bits per heavy atom. The standard InChI is InChI=1S/C18H17ClN2O5/c1-4-25-17(22)9-26-16-7-14(19)12(6-15(16)24-3)11-5-10(2)21-18(23)13(11)8-20/h5-7H,4,9H2,1-3H3,(H,21,23). The lowest BCUT2D eigenvalue weighted by molar-refractivity contribution is -0.145. The fourth-order valence-corrected chi connectivity index (χ4v) is 2.62. The largest absolute Gasteiger partial charge is 0.493 e. The highest BCUT2D eigenvalue weighted by molar-refractivity contribution is 6.33. The molecule has 2 rings (SSSR count). The number of nitriles is 1. The Labute approximate surface area is 155 Å². The van der Waals surface area contributed by atoms with E-state index < -0.39 is 11.5 Å². The zero-order valence-electron chi connectivity index (χ0n) is 14.5. The van der Waals surface area contributed by atoms with Crippen molar-refractivity contribution >= 4 is 17.6 Å². The summed E-state index contributed by atoms with van der Waals surface area (Å²) in [6.07, 6.45) is 0. The molecule has 0 saturated carbocycles. The quantitative estimate of drug-likeness (QED) is 0.778. The van der Waals surface area contributed by atoms with Crippen LogP contribution in [0.4, 0.5) is 0 Å². The van der Waals surface area contributed by atoms with Crippen molar-refractivity contribution in [3.05, 3.63) is 44.8 Å². The van der Waals surface area contributed by atoms with Gasteiger partial charge in [0.1, 0.15) is 11.6 Å². The van der Waals surface area contributed by atoms with Crippen molar-refractivity contribution in [3.63, 3.8) is 0 Å². The first-order chi connectivity index (χ1) is 12.4. The van der Waals surface area contributed by atoms with E-state index in [-0.39, 0.29) is 29.5 Å². The Kier molecular flexibility index (Phi) is 6.26. The van der Waals surface area contributed by atoms with Gasteiger partial charge in [-0.05, 0) is 26.0 Å². The highest BCUT2D eigenvalue weighted by Crippen LogP contribution is 2.39. The van der Waals surface area contributed by atoms with Gasteiger partial charge in [-0.25, -0.2) is 4.79 Å². The number of rotatable bonds is 6. The number of aromatic amines is 1. The van der Waals surface area contributed by atoms with Crippen molar-refractivity contribution in [2.45, 2.75) is 13.8 Å². The summed E-state index contributed by atoms with van der Waals surface area (Å²) < 4.78 is 15.5. The van der Waals surface area contributed by atoms with Crippen molar-refractivity contribution in [2.24, 2.45) is 0 Å². The van der Waals surface area contributed by atoms with E-state index in [1.807, 2.05) is 6.07 Å². The molecule has 1 aromatic carbocycles. The van der Waals surface area contributed by atoms with E-state index in [0.717, 1.165) is 0 Å². The molecule has 0 unspecified atom stereocenters. The van der Waals surface area contributed by atoms with Crippen molar-refractivity contribution in [3.8, 4) is 28.7 Å². The Hall–Kier alpha value is -2.98. The lowest BCUT2D eigenvalue weighted by Crippen LogP contribution is -2.15. The van der Waals surface area contributed by atoms with Crippen LogP contribution in [-0.2, 0) is 9.53 Å². The molecule has 0 aliphatic carbocycles. The molecular formula is C18H17ClN2O5. The van der Waals surface area contributed by atoms with Crippen molar-refractivity contribution < 1.29 is 19.0 Å². The molecule has 8 heteroatoms. The molecule has 0 aliphatic heterocycles. The second-order valence-corrected chi connectivity index (χ2v) is 5.67. The number of esters is 1. The third-order valence-electron chi connectivity index (χ3n) is 3.47. The van der Waals surface area contributed by atoms with E-state index >= 15 is 0 Å². The van der Waals surface area contributed by atoms with E-state index in [0.29, 0.717) is 22.6 Å². The Balaban J connectivity index is 2.49. The number of nitrogens with one attached hydrogen (secondary N) is 1. The Morgan fingerprint density at radius 3 is 2.62 bits per heavy atom. The molecule has 2 aromatic rings. The summed E-state index contributed by atoms with van der Waals surface area (Å²) >= 11 is 6.33. The van der Waals surface area contributed by atoms with Crippen LogP contribution in [0.5, 0.6) is 11.5 Å². The van der Waals surface area contributed by atoms with Gasteiger partial charge >= 0.3 is 5.97 Å². The first-order valence-corrected chi connectivity index (χ1v) is 8.09. The fourth-order valence-electron chi connectivity index (χ4n) is 2.37. The van der Waals surface area contributed by atoms with Gasteiger partial charge in [-0.1, -0.05) is 11.6 Å². The van der Waals surface area contributed by atoms with E-state index in [4.69, 9.17) is 25.8 Å². The minimum atomic E-state index is -0.522. The van der Waals surface area contributed by atoms with Crippen LogP contribution in [0.1, 0.15) is 18.2 Å². The number of halogens is 1. The molecule has 0 amide bonds. The van der Waals surface area contributed by atoms with Gasteiger partial charge in [0.15, 0.2) is 18.1 Å². The average molecular weight is 377 g/mol. The van der Waals surface area contributed by atoms with Crippen LogP contribution in [0.15, 0.2) is 23.0 Å². The Morgan fingerprint density at radius 2 is 2.00 bits per heavy atom. The number of hydrogen-bond donors (Lipinski definition) is 1. The number of aryl methyl sites for hydroxylation is 1. The summed E-state index contributed by atoms with van der Waals surface area (Å²) in [4.78, 5) is 26.0. The van der Waals surface area contributed by atoms with E-state index in [9.17, 15) is 14.9 Å². The maximum absolute atomic E-state index is 12.0. The van der Waals surface area contributed by atoms with Crippen LogP contribution >= 0.6 is 11.6 Å². The van der Waals surface area contributed by atoms with Crippen LogP contribution in [0.2, 0.25) is 5.02 Å². The lowest BCUT2D eigenvalue weighted by atomic mass is 10.0. The zero-order chi connectivity index (χ0) is 19.3. The highest BCUT2D eigenvalue weighted by Gasteiger charge is 2.18. The maximum atomic E-state index is 12.0. The summed E-state index contributed by atoms with van der Waals surface area (Å²) in [5, 5.41) is 9.54. The van der Waals surface area contributed by atoms with Gasteiger partial charge in [0.05, 0.1) is 18.7 Å². The molecule has 136 valence electrons. The van der Waals surface area contributed by atoms with Gasteiger partial charge in [-0.15, -0.1) is 0 Å². The molecule has 0 radical (unpaired) electrons. The summed E-state index contributed by atoms with van der Waals surface area (Å²) in [7, 11) is 1.43. The van der Waals surface area contributed by atoms with Gasteiger partial charge in [0, 0.05) is 22.9 Å². The van der Waals surface area contributed by atoms with Gasteiger partial charge in [0.2, 0.25) is 0 Å². The van der Waals surface area contributed by atoms with E-state index in [2.05, 4.69) is 4.98 Å². The number of H-pyrrole nitrogens is 1. The average Bonchev–Trinajstić information content (AvgIpc) is 2.59. The minimum absolute atomic E-state index is 0.0558. The molecule has 1 N–H and O–H groups in total. The molecule has 0 saturated heterocycles. The molecule has 0 bridgehead atoms. The highest BCUT2D eigenvalue weighted by atomic mass is 35.5. The zero-order valence-corrected chi connectivity index (χ0v) is 15.3. The number of pyridine rings is 1. The number of methoxy groups -OCH3 is 1. The summed E-state index contributed by atoms with van der Waals surface area (Å²) in [6, 6.07) is 6.56. The third kappa shape index (κ3) is 4.16. The number of carbonyl (C=O) groups excluding carboxylic acids is 1. The molecule has 1 aromatic heterocycles. The number of benzene rings is 1. The predicted molar refractivity (Wildman–Crippen MR) is 95.6 cm³/mol. The number of nitrogens with zero attached hydrogens (tertiary/aromatic N) is 1. The van der Waals surface area contributed by atoms with Crippen molar-refractivity contribution in [1.29, 1.82) is 5.26 Å². The lowest BCUT2D eigenvalue weighted by Gasteiger charge is -2.14. The number of carbonyl (C=O) groups is 1. The fraction of sp³-hybridized carbons (Fsp3) is 0.278. The van der Waals surface area contributed by atoms with Crippen molar-refractivity contribution in [1.82, 2.24) is 4.98 Å². The SMILES string of the molecule is CCOC(=O)COc1cc(Cl)c(-c2cc(C)[nH]c(=O)c2C#N)cc1OC. The van der Waals surface area contributed by atoms with Gasteiger partial charge in [0.25, 0.3) is 5.56 Å². The second-order valence-electron chi connectivity index (χ2n) is 5.26. The van der Waals surface area contributed by atoms with Crippen LogP contribution < -0.4 is 15.0 Å². The van der Waals surface area contributed by atoms with Crippen LogP contribution in [0.3, 0.4) is 0 Å². The molecule has 1 heterocycles. The minimum Gasteiger partial charge on any atom is -0.493 e. The first kappa shape index (κ1) is 19.3. The molecule has 0 fully saturated rings. The smallest absolute Gasteiger partial charge is 0.344 e. The molecule has 0 spiro atoms. The van der Waals surface area contributed by atoms with Crippen LogP contribution in [-0.4, -0.2) is 31.3 Å². The molecular weight excluding hydrogens is 360 g/mol. The van der Waals surface area contributed by atoms with Crippen molar-refractivity contribution in [2.75, 3.05) is 20.3 Å². The van der Waals surface area contributed by atoms with E-state index in [1.165, 1.54) is 13.2 Å². The second kappa shape index (κ2) is 8.41. The number of ether oxygens (including phenoxy) is 3. The molecule has 26 heavy (non-hydrogen) atoms.